The van der Waals surface area contributed by atoms with Gasteiger partial charge in [-0.05, 0) is 35.4 Å². The van der Waals surface area contributed by atoms with Crippen molar-refractivity contribution in [1.82, 2.24) is 0 Å². The Morgan fingerprint density at radius 1 is 1.00 bits per heavy atom. The lowest BCUT2D eigenvalue weighted by atomic mass is 9.97. The Balaban J connectivity index is 1.75. The predicted octanol–water partition coefficient (Wildman–Crippen LogP) is 6.04. The van der Waals surface area contributed by atoms with Crippen molar-refractivity contribution in [2.24, 2.45) is 4.99 Å². The van der Waals surface area contributed by atoms with Gasteiger partial charge in [0.1, 0.15) is 0 Å². The van der Waals surface area contributed by atoms with E-state index in [-0.39, 0.29) is 16.7 Å². The highest BCUT2D eigenvalue weighted by Gasteiger charge is 2.21. The number of hydrogen-bond acceptors (Lipinski definition) is 4. The van der Waals surface area contributed by atoms with E-state index in [1.165, 1.54) is 0 Å². The molecule has 0 saturated heterocycles. The molecule has 0 spiro atoms. The van der Waals surface area contributed by atoms with E-state index >= 15 is 0 Å². The average molecular weight is 422 g/mol. The molecule has 0 fully saturated rings. The Hall–Kier alpha value is -2.99. The van der Waals surface area contributed by atoms with Crippen molar-refractivity contribution in [1.29, 1.82) is 0 Å². The third-order valence-electron chi connectivity index (χ3n) is 4.57. The molecule has 3 aromatic rings. The Morgan fingerprint density at radius 3 is 2.41 bits per heavy atom. The van der Waals surface area contributed by atoms with Crippen molar-refractivity contribution in [2.45, 2.75) is 12.5 Å². The summed E-state index contributed by atoms with van der Waals surface area (Å²) in [5, 5.41) is 14.5. The first-order chi connectivity index (χ1) is 13.1. The maximum absolute atomic E-state index is 10.9. The minimum absolute atomic E-state index is 0.0307. The number of nitrogens with one attached hydrogen (secondary N) is 1. The lowest BCUT2D eigenvalue weighted by Crippen LogP contribution is -2.14. The number of non-ortho nitro benzene ring substituents is 1. The third-order valence-corrected chi connectivity index (χ3v) is 5.10. The minimum Gasteiger partial charge on any atom is -0.376 e. The van der Waals surface area contributed by atoms with Crippen LogP contribution in [0, 0.1) is 10.1 Å². The summed E-state index contributed by atoms with van der Waals surface area (Å²) in [5.74, 6) is 0. The van der Waals surface area contributed by atoms with Gasteiger partial charge in [-0.2, -0.15) is 0 Å². The Kier molecular flexibility index (Phi) is 4.73. The first-order valence-corrected chi connectivity index (χ1v) is 9.33. The molecule has 0 bridgehead atoms. The second kappa shape index (κ2) is 7.32. The van der Waals surface area contributed by atoms with Crippen LogP contribution in [0.25, 0.3) is 0 Å². The molecule has 1 aliphatic heterocycles. The lowest BCUT2D eigenvalue weighted by molar-refractivity contribution is -0.384. The number of anilines is 1. The number of nitro benzene ring substituents is 1. The van der Waals surface area contributed by atoms with E-state index in [0.717, 1.165) is 32.7 Å². The van der Waals surface area contributed by atoms with E-state index in [4.69, 9.17) is 4.99 Å². The summed E-state index contributed by atoms with van der Waals surface area (Å²) in [7, 11) is 0. The van der Waals surface area contributed by atoms with E-state index in [2.05, 4.69) is 21.2 Å². The molecule has 0 aliphatic carbocycles. The zero-order valence-electron chi connectivity index (χ0n) is 14.3. The first-order valence-electron chi connectivity index (χ1n) is 8.53. The number of hydrogen-bond donors (Lipinski definition) is 1. The summed E-state index contributed by atoms with van der Waals surface area (Å²) < 4.78 is 1.02. The molecule has 134 valence electrons. The monoisotopic (exact) mass is 421 g/mol. The molecule has 27 heavy (non-hydrogen) atoms. The topological polar surface area (TPSA) is 67.5 Å². The number of rotatable bonds is 3. The largest absolute Gasteiger partial charge is 0.376 e. The van der Waals surface area contributed by atoms with Crippen LogP contribution in [0.4, 0.5) is 17.1 Å². The summed E-state index contributed by atoms with van der Waals surface area (Å²) in [4.78, 5) is 15.4. The van der Waals surface area contributed by atoms with Crippen LogP contribution in [-0.4, -0.2) is 10.6 Å². The second-order valence-electron chi connectivity index (χ2n) is 6.33. The van der Waals surface area contributed by atoms with Gasteiger partial charge in [0.05, 0.1) is 28.1 Å². The molecule has 0 aromatic heterocycles. The van der Waals surface area contributed by atoms with E-state index in [9.17, 15) is 10.1 Å². The van der Waals surface area contributed by atoms with Gasteiger partial charge in [-0.15, -0.1) is 0 Å². The van der Waals surface area contributed by atoms with Gasteiger partial charge in [-0.3, -0.25) is 15.1 Å². The maximum atomic E-state index is 10.9. The second-order valence-corrected chi connectivity index (χ2v) is 7.25. The smallest absolute Gasteiger partial charge is 0.269 e. The summed E-state index contributed by atoms with van der Waals surface area (Å²) in [6, 6.07) is 22.7. The number of nitrogens with zero attached hydrogens (tertiary/aromatic N) is 2. The van der Waals surface area contributed by atoms with E-state index < -0.39 is 0 Å². The van der Waals surface area contributed by atoms with Gasteiger partial charge in [0.25, 0.3) is 5.69 Å². The van der Waals surface area contributed by atoms with Crippen LogP contribution in [0.5, 0.6) is 0 Å². The molecule has 0 saturated carbocycles. The van der Waals surface area contributed by atoms with Crippen LogP contribution in [-0.2, 0) is 0 Å². The maximum Gasteiger partial charge on any atom is 0.269 e. The molecule has 4 rings (SSSR count). The Bertz CT molecular complexity index is 1010. The van der Waals surface area contributed by atoms with Crippen LogP contribution in [0.2, 0.25) is 0 Å². The SMILES string of the molecule is O=[N+]([O-])c1ccc(C2CC(c3ccc(Br)cc3)=Nc3ccccc3N2)cc1. The van der Waals surface area contributed by atoms with Crippen LogP contribution in [0.1, 0.15) is 23.6 Å². The van der Waals surface area contributed by atoms with Gasteiger partial charge in [-0.25, -0.2) is 0 Å². The molecule has 1 heterocycles. The molecule has 3 aromatic carbocycles. The van der Waals surface area contributed by atoms with E-state index in [1.807, 2.05) is 60.7 Å². The quantitative estimate of drug-likeness (QED) is 0.414. The van der Waals surface area contributed by atoms with E-state index in [1.54, 1.807) is 12.1 Å². The van der Waals surface area contributed by atoms with Gasteiger partial charge in [0.2, 0.25) is 0 Å². The summed E-state index contributed by atoms with van der Waals surface area (Å²) in [5.41, 5.74) is 4.95. The molecular formula is C21H16BrN3O2. The molecule has 5 nitrogen and oxygen atoms in total. The van der Waals surface area contributed by atoms with Gasteiger partial charge >= 0.3 is 0 Å². The van der Waals surface area contributed by atoms with Crippen molar-refractivity contribution in [3.8, 4) is 0 Å². The van der Waals surface area contributed by atoms with Gasteiger partial charge in [0, 0.05) is 23.0 Å². The molecule has 0 amide bonds. The molecule has 0 radical (unpaired) electrons. The molecule has 6 heteroatoms. The zero-order valence-corrected chi connectivity index (χ0v) is 15.9. The molecule has 1 atom stereocenters. The Labute approximate surface area is 165 Å². The third kappa shape index (κ3) is 3.75. The highest BCUT2D eigenvalue weighted by molar-refractivity contribution is 9.10. The van der Waals surface area contributed by atoms with Crippen LogP contribution in [0.3, 0.4) is 0 Å². The normalized spacial score (nSPS) is 15.9. The van der Waals surface area contributed by atoms with Gasteiger partial charge < -0.3 is 5.32 Å². The van der Waals surface area contributed by atoms with Gasteiger partial charge in [0.15, 0.2) is 0 Å². The van der Waals surface area contributed by atoms with Crippen LogP contribution in [0.15, 0.2) is 82.3 Å². The predicted molar refractivity (Wildman–Crippen MR) is 111 cm³/mol. The van der Waals surface area contributed by atoms with Gasteiger partial charge in [-0.1, -0.05) is 52.3 Å². The molecule has 1 N–H and O–H groups in total. The van der Waals surface area contributed by atoms with Crippen molar-refractivity contribution in [2.75, 3.05) is 5.32 Å². The lowest BCUT2D eigenvalue weighted by Gasteiger charge is -2.19. The van der Waals surface area contributed by atoms with Crippen molar-refractivity contribution in [3.63, 3.8) is 0 Å². The molecule has 1 aliphatic rings. The summed E-state index contributed by atoms with van der Waals surface area (Å²) in [6.07, 6.45) is 0.675. The number of benzene rings is 3. The van der Waals surface area contributed by atoms with Crippen LogP contribution >= 0.6 is 15.9 Å². The molecular weight excluding hydrogens is 406 g/mol. The fourth-order valence-corrected chi connectivity index (χ4v) is 3.43. The summed E-state index contributed by atoms with van der Waals surface area (Å²) >= 11 is 3.47. The minimum atomic E-state index is -0.381. The number of fused-ring (bicyclic) bond motifs is 1. The fourth-order valence-electron chi connectivity index (χ4n) is 3.17. The van der Waals surface area contributed by atoms with Crippen LogP contribution < -0.4 is 5.32 Å². The first kappa shape index (κ1) is 17.4. The number of para-hydroxylation sites is 2. The fraction of sp³-hybridized carbons (Fsp3) is 0.0952. The van der Waals surface area contributed by atoms with Crippen molar-refractivity contribution in [3.05, 3.63) is 98.5 Å². The summed E-state index contributed by atoms with van der Waals surface area (Å²) in [6.45, 7) is 0. The van der Waals surface area contributed by atoms with Crippen molar-refractivity contribution < 1.29 is 4.92 Å². The standard InChI is InChI=1S/C21H16BrN3O2/c22-16-9-5-14(6-10-16)20-13-21(15-7-11-17(12-8-15)25(26)27)24-19-4-2-1-3-18(19)23-20/h1-12,21,24H,13H2. The number of halogens is 1. The van der Waals surface area contributed by atoms with E-state index in [0.29, 0.717) is 6.42 Å². The highest BCUT2D eigenvalue weighted by atomic mass is 79.9. The Morgan fingerprint density at radius 2 is 1.70 bits per heavy atom. The number of nitro groups is 1. The van der Waals surface area contributed by atoms with Crippen molar-refractivity contribution >= 4 is 38.7 Å². The molecule has 1 unspecified atom stereocenters. The zero-order chi connectivity index (χ0) is 18.8. The highest BCUT2D eigenvalue weighted by Crippen LogP contribution is 2.35. The number of aliphatic imine (C=N–C) groups is 1. The average Bonchev–Trinajstić information content (AvgIpc) is 2.88.